The summed E-state index contributed by atoms with van der Waals surface area (Å²) in [6, 6.07) is 6.38. The van der Waals surface area contributed by atoms with Crippen LogP contribution in [0.2, 0.25) is 0 Å². The summed E-state index contributed by atoms with van der Waals surface area (Å²) in [7, 11) is -3.77. The van der Waals surface area contributed by atoms with E-state index in [1.807, 2.05) is 13.8 Å². The average Bonchev–Trinajstić information content (AvgIpc) is 2.29. The van der Waals surface area contributed by atoms with Gasteiger partial charge in [-0.25, -0.2) is 13.1 Å². The van der Waals surface area contributed by atoms with Gasteiger partial charge >= 0.3 is 0 Å². The van der Waals surface area contributed by atoms with Crippen LogP contribution in [0.25, 0.3) is 0 Å². The predicted octanol–water partition coefficient (Wildman–Crippen LogP) is 2.24. The third-order valence-corrected chi connectivity index (χ3v) is 4.40. The molecule has 0 unspecified atom stereocenters. The van der Waals surface area contributed by atoms with E-state index in [9.17, 15) is 13.2 Å². The van der Waals surface area contributed by atoms with Gasteiger partial charge in [0.2, 0.25) is 5.91 Å². The summed E-state index contributed by atoms with van der Waals surface area (Å²) in [6.45, 7) is 7.15. The van der Waals surface area contributed by atoms with Gasteiger partial charge in [0.1, 0.15) is 0 Å². The molecule has 0 aliphatic carbocycles. The van der Waals surface area contributed by atoms with Crippen molar-refractivity contribution in [2.24, 2.45) is 5.41 Å². The molecule has 0 heterocycles. The normalized spacial score (nSPS) is 12.2. The Balaban J connectivity index is 2.96. The zero-order valence-electron chi connectivity index (χ0n) is 11.1. The smallest absolute Gasteiger partial charge is 0.264 e. The van der Waals surface area contributed by atoms with E-state index >= 15 is 0 Å². The van der Waals surface area contributed by atoms with Crippen molar-refractivity contribution in [3.05, 3.63) is 29.8 Å². The average molecular weight is 269 g/mol. The Morgan fingerprint density at radius 1 is 1.22 bits per heavy atom. The van der Waals surface area contributed by atoms with E-state index in [1.54, 1.807) is 26.0 Å². The number of rotatable bonds is 4. The predicted molar refractivity (Wildman–Crippen MR) is 70.6 cm³/mol. The van der Waals surface area contributed by atoms with Crippen molar-refractivity contribution >= 4 is 15.9 Å². The lowest BCUT2D eigenvalue weighted by Crippen LogP contribution is -2.40. The highest BCUT2D eigenvalue weighted by atomic mass is 32.2. The number of sulfonamides is 1. The fraction of sp³-hybridized carbons (Fsp3) is 0.462. The minimum Gasteiger partial charge on any atom is -0.273 e. The molecule has 0 spiro atoms. The Labute approximate surface area is 108 Å². The first-order chi connectivity index (χ1) is 8.19. The first-order valence-corrected chi connectivity index (χ1v) is 7.31. The molecule has 100 valence electrons. The molecule has 0 saturated heterocycles. The summed E-state index contributed by atoms with van der Waals surface area (Å²) in [6.07, 6.45) is 0.572. The van der Waals surface area contributed by atoms with Gasteiger partial charge in [0.25, 0.3) is 10.0 Å². The maximum atomic E-state index is 12.0. The summed E-state index contributed by atoms with van der Waals surface area (Å²) >= 11 is 0. The summed E-state index contributed by atoms with van der Waals surface area (Å²) in [5.74, 6) is -0.481. The lowest BCUT2D eigenvalue weighted by Gasteiger charge is -2.21. The van der Waals surface area contributed by atoms with Crippen LogP contribution in [-0.2, 0) is 14.8 Å². The number of benzene rings is 1. The van der Waals surface area contributed by atoms with Gasteiger partial charge in [0, 0.05) is 5.41 Å². The molecule has 1 aromatic rings. The van der Waals surface area contributed by atoms with Crippen molar-refractivity contribution in [2.75, 3.05) is 0 Å². The Kier molecular flexibility index (Phi) is 4.16. The van der Waals surface area contributed by atoms with Crippen LogP contribution in [0.4, 0.5) is 0 Å². The molecule has 1 rings (SSSR count). The summed E-state index contributed by atoms with van der Waals surface area (Å²) in [5.41, 5.74) is 0.270. The van der Waals surface area contributed by atoms with Crippen LogP contribution in [-0.4, -0.2) is 14.3 Å². The largest absolute Gasteiger partial charge is 0.273 e. The molecule has 0 aromatic heterocycles. The maximum absolute atomic E-state index is 12.0. The molecular weight excluding hydrogens is 250 g/mol. The number of hydrogen-bond donors (Lipinski definition) is 1. The Morgan fingerprint density at radius 3 is 2.17 bits per heavy atom. The second-order valence-electron chi connectivity index (χ2n) is 4.99. The van der Waals surface area contributed by atoms with Crippen LogP contribution < -0.4 is 4.72 Å². The fourth-order valence-electron chi connectivity index (χ4n) is 1.20. The lowest BCUT2D eigenvalue weighted by molar-refractivity contribution is -0.127. The number of amides is 1. The second-order valence-corrected chi connectivity index (χ2v) is 6.67. The quantitative estimate of drug-likeness (QED) is 0.911. The zero-order chi connectivity index (χ0) is 14.0. The van der Waals surface area contributed by atoms with Crippen molar-refractivity contribution < 1.29 is 13.2 Å². The monoisotopic (exact) mass is 269 g/mol. The Hall–Kier alpha value is -1.36. The standard InChI is InChI=1S/C13H19NO3S/c1-5-13(3,4)12(15)14-18(16,17)11-8-6-10(2)7-9-11/h6-9H,5H2,1-4H3,(H,14,15). The van der Waals surface area contributed by atoms with Crippen molar-refractivity contribution in [2.45, 2.75) is 39.0 Å². The van der Waals surface area contributed by atoms with Crippen LogP contribution in [0.5, 0.6) is 0 Å². The topological polar surface area (TPSA) is 63.2 Å². The molecule has 0 radical (unpaired) electrons. The number of carbonyl (C=O) groups is 1. The Morgan fingerprint density at radius 2 is 1.72 bits per heavy atom. The molecule has 0 saturated carbocycles. The van der Waals surface area contributed by atoms with Crippen LogP contribution in [0.1, 0.15) is 32.8 Å². The van der Waals surface area contributed by atoms with Gasteiger partial charge in [0.15, 0.2) is 0 Å². The SMILES string of the molecule is CCC(C)(C)C(=O)NS(=O)(=O)c1ccc(C)cc1. The molecule has 18 heavy (non-hydrogen) atoms. The molecule has 0 aliphatic rings. The highest BCUT2D eigenvalue weighted by Gasteiger charge is 2.29. The minimum atomic E-state index is -3.77. The molecular formula is C13H19NO3S. The molecule has 4 nitrogen and oxygen atoms in total. The van der Waals surface area contributed by atoms with Crippen molar-refractivity contribution in [3.8, 4) is 0 Å². The molecule has 1 amide bonds. The number of nitrogens with one attached hydrogen (secondary N) is 1. The van der Waals surface area contributed by atoms with E-state index in [-0.39, 0.29) is 4.90 Å². The van der Waals surface area contributed by atoms with E-state index in [4.69, 9.17) is 0 Å². The molecule has 5 heteroatoms. The van der Waals surface area contributed by atoms with Gasteiger partial charge < -0.3 is 0 Å². The molecule has 0 atom stereocenters. The molecule has 1 aromatic carbocycles. The lowest BCUT2D eigenvalue weighted by atomic mass is 9.90. The molecule has 0 fully saturated rings. The molecule has 0 aliphatic heterocycles. The van der Waals surface area contributed by atoms with Gasteiger partial charge in [-0.2, -0.15) is 0 Å². The van der Waals surface area contributed by atoms with E-state index in [1.165, 1.54) is 12.1 Å². The van der Waals surface area contributed by atoms with Crippen molar-refractivity contribution in [1.29, 1.82) is 0 Å². The Bertz CT molecular complexity index is 530. The fourth-order valence-corrected chi connectivity index (χ4v) is 2.33. The van der Waals surface area contributed by atoms with E-state index in [0.717, 1.165) is 5.56 Å². The second kappa shape index (κ2) is 5.10. The van der Waals surface area contributed by atoms with Gasteiger partial charge in [-0.05, 0) is 25.5 Å². The third kappa shape index (κ3) is 3.32. The summed E-state index contributed by atoms with van der Waals surface area (Å²) in [5, 5.41) is 0. The van der Waals surface area contributed by atoms with E-state index in [0.29, 0.717) is 6.42 Å². The molecule has 1 N–H and O–H groups in total. The number of carbonyl (C=O) groups excluding carboxylic acids is 1. The molecule has 0 bridgehead atoms. The first kappa shape index (κ1) is 14.7. The number of hydrogen-bond acceptors (Lipinski definition) is 3. The highest BCUT2D eigenvalue weighted by Crippen LogP contribution is 2.21. The van der Waals surface area contributed by atoms with Crippen LogP contribution >= 0.6 is 0 Å². The van der Waals surface area contributed by atoms with Crippen LogP contribution in [0, 0.1) is 12.3 Å². The highest BCUT2D eigenvalue weighted by molar-refractivity contribution is 7.90. The minimum absolute atomic E-state index is 0.105. The zero-order valence-corrected chi connectivity index (χ0v) is 12.0. The van der Waals surface area contributed by atoms with Crippen molar-refractivity contribution in [1.82, 2.24) is 4.72 Å². The summed E-state index contributed by atoms with van der Waals surface area (Å²) in [4.78, 5) is 12.0. The first-order valence-electron chi connectivity index (χ1n) is 5.83. The summed E-state index contributed by atoms with van der Waals surface area (Å²) < 4.78 is 26.1. The van der Waals surface area contributed by atoms with Gasteiger partial charge in [-0.15, -0.1) is 0 Å². The van der Waals surface area contributed by atoms with E-state index in [2.05, 4.69) is 4.72 Å². The van der Waals surface area contributed by atoms with Gasteiger partial charge in [-0.1, -0.05) is 38.5 Å². The van der Waals surface area contributed by atoms with Crippen molar-refractivity contribution in [3.63, 3.8) is 0 Å². The van der Waals surface area contributed by atoms with Crippen LogP contribution in [0.15, 0.2) is 29.2 Å². The van der Waals surface area contributed by atoms with Gasteiger partial charge in [0.05, 0.1) is 4.90 Å². The number of aryl methyl sites for hydroxylation is 1. The van der Waals surface area contributed by atoms with E-state index < -0.39 is 21.3 Å². The third-order valence-electron chi connectivity index (χ3n) is 3.06. The maximum Gasteiger partial charge on any atom is 0.264 e. The van der Waals surface area contributed by atoms with Gasteiger partial charge in [-0.3, -0.25) is 4.79 Å². The van der Waals surface area contributed by atoms with Crippen LogP contribution in [0.3, 0.4) is 0 Å².